The molecule has 166 valence electrons. The normalized spacial score (nSPS) is 12.2. The zero-order valence-electron chi connectivity index (χ0n) is 17.8. The standard InChI is InChI=1S/C23H21N7O2S/c1-16(21-26-25-19-11-5-6-12-29(19)21)24-20(31)15-33-23-28-27-22(18-10-7-13-32-18)30(23)14-17-8-3-2-4-9-17/h2-13,16H,14-15H2,1H3,(H,24,31). The molecule has 0 aliphatic carbocycles. The maximum absolute atomic E-state index is 12.7. The fraction of sp³-hybridized carbons (Fsp3) is 0.174. The molecule has 0 aliphatic heterocycles. The van der Waals surface area contributed by atoms with Crippen LogP contribution in [0.5, 0.6) is 0 Å². The van der Waals surface area contributed by atoms with Crippen LogP contribution in [0.1, 0.15) is 24.4 Å². The molecule has 10 heteroatoms. The van der Waals surface area contributed by atoms with Gasteiger partial charge in [-0.15, -0.1) is 20.4 Å². The number of fused-ring (bicyclic) bond motifs is 1. The lowest BCUT2D eigenvalue weighted by atomic mass is 10.2. The molecule has 0 radical (unpaired) electrons. The first-order chi connectivity index (χ1) is 16.2. The van der Waals surface area contributed by atoms with Gasteiger partial charge in [-0.2, -0.15) is 0 Å². The molecule has 0 fully saturated rings. The van der Waals surface area contributed by atoms with Gasteiger partial charge in [0.2, 0.25) is 11.7 Å². The third-order valence-corrected chi connectivity index (χ3v) is 6.05. The second kappa shape index (κ2) is 9.29. The first-order valence-electron chi connectivity index (χ1n) is 10.4. The number of aromatic nitrogens is 6. The third kappa shape index (κ3) is 4.51. The molecular formula is C23H21N7O2S. The Morgan fingerprint density at radius 2 is 1.88 bits per heavy atom. The van der Waals surface area contributed by atoms with Gasteiger partial charge in [0, 0.05) is 6.20 Å². The number of amides is 1. The van der Waals surface area contributed by atoms with E-state index in [9.17, 15) is 4.79 Å². The van der Waals surface area contributed by atoms with E-state index in [1.807, 2.05) is 82.8 Å². The Labute approximate surface area is 193 Å². The predicted molar refractivity (Wildman–Crippen MR) is 124 cm³/mol. The summed E-state index contributed by atoms with van der Waals surface area (Å²) in [4.78, 5) is 12.7. The maximum atomic E-state index is 12.7. The summed E-state index contributed by atoms with van der Waals surface area (Å²) in [5.41, 5.74) is 1.84. The van der Waals surface area contributed by atoms with Crippen molar-refractivity contribution in [3.05, 3.63) is 84.5 Å². The van der Waals surface area contributed by atoms with E-state index in [-0.39, 0.29) is 17.7 Å². The molecule has 4 aromatic heterocycles. The van der Waals surface area contributed by atoms with Gasteiger partial charge in [0.15, 0.2) is 22.4 Å². The molecule has 5 rings (SSSR count). The lowest BCUT2D eigenvalue weighted by molar-refractivity contribution is -0.119. The number of carbonyl (C=O) groups excluding carboxylic acids is 1. The van der Waals surface area contributed by atoms with Crippen molar-refractivity contribution in [3.8, 4) is 11.6 Å². The molecule has 1 N–H and O–H groups in total. The van der Waals surface area contributed by atoms with Gasteiger partial charge < -0.3 is 9.73 Å². The largest absolute Gasteiger partial charge is 0.461 e. The average molecular weight is 460 g/mol. The lowest BCUT2D eigenvalue weighted by Crippen LogP contribution is -2.29. The van der Waals surface area contributed by atoms with Gasteiger partial charge in [0.05, 0.1) is 24.6 Å². The number of hydrogen-bond donors (Lipinski definition) is 1. The molecule has 9 nitrogen and oxygen atoms in total. The minimum absolute atomic E-state index is 0.131. The maximum Gasteiger partial charge on any atom is 0.231 e. The minimum atomic E-state index is -0.295. The van der Waals surface area contributed by atoms with Crippen molar-refractivity contribution >= 4 is 23.3 Å². The molecule has 0 saturated carbocycles. The number of furan rings is 1. The van der Waals surface area contributed by atoms with E-state index in [1.165, 1.54) is 11.8 Å². The van der Waals surface area contributed by atoms with Gasteiger partial charge in [0.1, 0.15) is 0 Å². The predicted octanol–water partition coefficient (Wildman–Crippen LogP) is 3.60. The van der Waals surface area contributed by atoms with Crippen molar-refractivity contribution in [2.45, 2.75) is 24.7 Å². The highest BCUT2D eigenvalue weighted by Gasteiger charge is 2.20. The third-order valence-electron chi connectivity index (χ3n) is 5.08. The van der Waals surface area contributed by atoms with Gasteiger partial charge in [-0.3, -0.25) is 13.8 Å². The van der Waals surface area contributed by atoms with Crippen LogP contribution in [0.3, 0.4) is 0 Å². The minimum Gasteiger partial charge on any atom is -0.461 e. The summed E-state index contributed by atoms with van der Waals surface area (Å²) in [5, 5.41) is 20.6. The first kappa shape index (κ1) is 21.0. The second-order valence-corrected chi connectivity index (χ2v) is 8.36. The molecule has 5 aromatic rings. The monoisotopic (exact) mass is 459 g/mol. The summed E-state index contributed by atoms with van der Waals surface area (Å²) < 4.78 is 9.36. The number of carbonyl (C=O) groups is 1. The first-order valence-corrected chi connectivity index (χ1v) is 11.4. The Kier molecular flexibility index (Phi) is 5.90. The van der Waals surface area contributed by atoms with E-state index >= 15 is 0 Å². The van der Waals surface area contributed by atoms with Gasteiger partial charge in [-0.05, 0) is 36.8 Å². The molecule has 0 saturated heterocycles. The lowest BCUT2D eigenvalue weighted by Gasteiger charge is -2.13. The summed E-state index contributed by atoms with van der Waals surface area (Å²) in [7, 11) is 0. The highest BCUT2D eigenvalue weighted by molar-refractivity contribution is 7.99. The average Bonchev–Trinajstić information content (AvgIpc) is 3.58. The zero-order valence-corrected chi connectivity index (χ0v) is 18.6. The van der Waals surface area contributed by atoms with Gasteiger partial charge in [-0.1, -0.05) is 48.2 Å². The highest BCUT2D eigenvalue weighted by Crippen LogP contribution is 2.25. The molecule has 1 amide bonds. The molecule has 4 heterocycles. The number of benzene rings is 1. The summed E-state index contributed by atoms with van der Waals surface area (Å²) >= 11 is 1.33. The van der Waals surface area contributed by atoms with E-state index in [4.69, 9.17) is 4.42 Å². The van der Waals surface area contributed by atoms with E-state index in [0.29, 0.717) is 29.1 Å². The van der Waals surface area contributed by atoms with Crippen LogP contribution in [0.15, 0.2) is 82.7 Å². The topological polar surface area (TPSA) is 103 Å². The van der Waals surface area contributed by atoms with Gasteiger partial charge in [0.25, 0.3) is 0 Å². The number of thioether (sulfide) groups is 1. The fourth-order valence-corrected chi connectivity index (χ4v) is 4.27. The van der Waals surface area contributed by atoms with E-state index in [2.05, 4.69) is 25.7 Å². The molecular weight excluding hydrogens is 438 g/mol. The summed E-state index contributed by atoms with van der Waals surface area (Å²) in [6.45, 7) is 2.45. The van der Waals surface area contributed by atoms with Crippen molar-refractivity contribution in [3.63, 3.8) is 0 Å². The molecule has 0 aliphatic rings. The summed E-state index contributed by atoms with van der Waals surface area (Å²) in [6.07, 6.45) is 3.48. The Morgan fingerprint density at radius 3 is 2.70 bits per heavy atom. The van der Waals surface area contributed by atoms with Crippen LogP contribution in [0.25, 0.3) is 17.2 Å². The number of rotatable bonds is 8. The van der Waals surface area contributed by atoms with Crippen LogP contribution in [0.2, 0.25) is 0 Å². The van der Waals surface area contributed by atoms with E-state index in [0.717, 1.165) is 11.2 Å². The molecule has 0 bridgehead atoms. The van der Waals surface area contributed by atoms with Crippen LogP contribution < -0.4 is 5.32 Å². The van der Waals surface area contributed by atoms with Crippen molar-refractivity contribution < 1.29 is 9.21 Å². The van der Waals surface area contributed by atoms with Crippen LogP contribution in [0.4, 0.5) is 0 Å². The van der Waals surface area contributed by atoms with E-state index < -0.39 is 0 Å². The van der Waals surface area contributed by atoms with Crippen molar-refractivity contribution in [1.29, 1.82) is 0 Å². The van der Waals surface area contributed by atoms with Crippen molar-refractivity contribution in [2.24, 2.45) is 0 Å². The zero-order chi connectivity index (χ0) is 22.6. The van der Waals surface area contributed by atoms with Crippen LogP contribution in [-0.4, -0.2) is 41.0 Å². The van der Waals surface area contributed by atoms with Crippen molar-refractivity contribution in [2.75, 3.05) is 5.75 Å². The number of nitrogens with one attached hydrogen (secondary N) is 1. The van der Waals surface area contributed by atoms with Gasteiger partial charge in [-0.25, -0.2) is 0 Å². The van der Waals surface area contributed by atoms with E-state index in [1.54, 1.807) is 6.26 Å². The van der Waals surface area contributed by atoms with Crippen LogP contribution >= 0.6 is 11.8 Å². The Hall–Kier alpha value is -3.92. The molecule has 1 unspecified atom stereocenters. The van der Waals surface area contributed by atoms with Gasteiger partial charge >= 0.3 is 0 Å². The Balaban J connectivity index is 1.30. The quantitative estimate of drug-likeness (QED) is 0.354. The SMILES string of the molecule is CC(NC(=O)CSc1nnc(-c2ccco2)n1Cc1ccccc1)c1nnc2ccccn12. The smallest absolute Gasteiger partial charge is 0.231 e. The number of nitrogens with zero attached hydrogens (tertiary/aromatic N) is 6. The molecule has 33 heavy (non-hydrogen) atoms. The van der Waals surface area contributed by atoms with Crippen LogP contribution in [-0.2, 0) is 11.3 Å². The summed E-state index contributed by atoms with van der Waals surface area (Å²) in [5.74, 6) is 1.98. The summed E-state index contributed by atoms with van der Waals surface area (Å²) in [6, 6.07) is 19.1. The molecule has 1 aromatic carbocycles. The van der Waals surface area contributed by atoms with Crippen molar-refractivity contribution in [1.82, 2.24) is 34.7 Å². The number of hydrogen-bond acceptors (Lipinski definition) is 7. The second-order valence-electron chi connectivity index (χ2n) is 7.42. The Bertz CT molecular complexity index is 1360. The highest BCUT2D eigenvalue weighted by atomic mass is 32.2. The fourth-order valence-electron chi connectivity index (χ4n) is 3.53. The Morgan fingerprint density at radius 1 is 1.03 bits per heavy atom. The molecule has 1 atom stereocenters. The van der Waals surface area contributed by atoms with Crippen LogP contribution in [0, 0.1) is 0 Å². The molecule has 0 spiro atoms. The number of pyridine rings is 1.